The Labute approximate surface area is 179 Å². The Hall–Kier alpha value is -3.58. The van der Waals surface area contributed by atoms with E-state index in [1.165, 1.54) is 28.9 Å². The molecule has 156 valence electrons. The maximum absolute atomic E-state index is 13.5. The van der Waals surface area contributed by atoms with Crippen molar-refractivity contribution in [2.45, 2.75) is 11.8 Å². The zero-order chi connectivity index (χ0) is 22.2. The molecule has 0 aliphatic carbocycles. The highest BCUT2D eigenvalue weighted by Crippen LogP contribution is 2.30. The minimum absolute atomic E-state index is 0.181. The van der Waals surface area contributed by atoms with Crippen molar-refractivity contribution in [1.82, 2.24) is 9.78 Å². The summed E-state index contributed by atoms with van der Waals surface area (Å²) >= 11 is 0. The van der Waals surface area contributed by atoms with Crippen LogP contribution in [0.1, 0.15) is 5.56 Å². The van der Waals surface area contributed by atoms with Crippen molar-refractivity contribution in [3.63, 3.8) is 0 Å². The van der Waals surface area contributed by atoms with Crippen LogP contribution in [0.2, 0.25) is 0 Å². The lowest BCUT2D eigenvalue weighted by atomic mass is 9.97. The van der Waals surface area contributed by atoms with Crippen LogP contribution in [0.3, 0.4) is 0 Å². The van der Waals surface area contributed by atoms with Gasteiger partial charge < -0.3 is 0 Å². The monoisotopic (exact) mass is 434 g/mol. The number of hydrogen-bond acceptors (Lipinski definition) is 4. The number of nitrogens with zero attached hydrogens (tertiary/aromatic N) is 2. The molecular weight excluding hydrogens is 415 g/mol. The number of aromatic nitrogens is 2. The van der Waals surface area contributed by atoms with E-state index >= 15 is 0 Å². The molecule has 4 rings (SSSR count). The molecule has 0 N–H and O–H groups in total. The quantitative estimate of drug-likeness (QED) is 0.477. The van der Waals surface area contributed by atoms with E-state index in [1.54, 1.807) is 36.5 Å². The molecule has 1 heterocycles. The molecular formula is C24H19FN2O3S. The number of halogens is 1. The van der Waals surface area contributed by atoms with Crippen LogP contribution in [0, 0.1) is 12.7 Å². The van der Waals surface area contributed by atoms with Crippen LogP contribution in [0.25, 0.3) is 27.9 Å². The predicted octanol–water partition coefficient (Wildman–Crippen LogP) is 4.42. The van der Waals surface area contributed by atoms with Gasteiger partial charge in [0, 0.05) is 11.8 Å². The lowest BCUT2D eigenvalue weighted by Crippen LogP contribution is -2.23. The van der Waals surface area contributed by atoms with Crippen LogP contribution in [0.5, 0.6) is 0 Å². The van der Waals surface area contributed by atoms with Crippen molar-refractivity contribution < 1.29 is 12.8 Å². The molecule has 0 spiro atoms. The lowest BCUT2D eigenvalue weighted by Gasteiger charge is -2.13. The van der Waals surface area contributed by atoms with Gasteiger partial charge in [-0.15, -0.1) is 0 Å². The van der Waals surface area contributed by atoms with E-state index in [0.717, 1.165) is 11.8 Å². The summed E-state index contributed by atoms with van der Waals surface area (Å²) in [7, 11) is -3.35. The fourth-order valence-corrected chi connectivity index (χ4v) is 4.02. The molecule has 1 aromatic heterocycles. The topological polar surface area (TPSA) is 69.0 Å². The highest BCUT2D eigenvalue weighted by Gasteiger charge is 2.17. The molecule has 0 amide bonds. The first-order valence-corrected chi connectivity index (χ1v) is 11.4. The fraction of sp³-hybridized carbons (Fsp3) is 0.0833. The Morgan fingerprint density at radius 1 is 0.903 bits per heavy atom. The third kappa shape index (κ3) is 4.18. The van der Waals surface area contributed by atoms with Gasteiger partial charge >= 0.3 is 0 Å². The van der Waals surface area contributed by atoms with Crippen LogP contribution in [0.4, 0.5) is 4.39 Å². The van der Waals surface area contributed by atoms with Gasteiger partial charge in [-0.1, -0.05) is 36.4 Å². The minimum Gasteiger partial charge on any atom is -0.267 e. The molecule has 0 atom stereocenters. The summed E-state index contributed by atoms with van der Waals surface area (Å²) in [6.07, 6.45) is 2.70. The first kappa shape index (κ1) is 20.7. The van der Waals surface area contributed by atoms with Crippen molar-refractivity contribution in [2.24, 2.45) is 0 Å². The van der Waals surface area contributed by atoms with E-state index in [1.807, 2.05) is 25.1 Å². The Morgan fingerprint density at radius 2 is 1.55 bits per heavy atom. The van der Waals surface area contributed by atoms with E-state index in [-0.39, 0.29) is 10.5 Å². The van der Waals surface area contributed by atoms with Gasteiger partial charge in [-0.05, 0) is 60.0 Å². The molecule has 0 fully saturated rings. The van der Waals surface area contributed by atoms with E-state index < -0.39 is 15.7 Å². The Bertz CT molecular complexity index is 1430. The summed E-state index contributed by atoms with van der Waals surface area (Å²) in [5, 5.41) is 4.35. The Kier molecular flexibility index (Phi) is 5.29. The molecule has 0 unspecified atom stereocenters. The van der Waals surface area contributed by atoms with Crippen LogP contribution in [0.15, 0.2) is 88.7 Å². The van der Waals surface area contributed by atoms with Crippen molar-refractivity contribution in [3.8, 4) is 27.9 Å². The van der Waals surface area contributed by atoms with Gasteiger partial charge in [-0.2, -0.15) is 9.78 Å². The third-order valence-electron chi connectivity index (χ3n) is 4.95. The molecule has 0 aliphatic heterocycles. The van der Waals surface area contributed by atoms with Crippen molar-refractivity contribution in [1.29, 1.82) is 0 Å². The largest absolute Gasteiger partial charge is 0.279 e. The van der Waals surface area contributed by atoms with Gasteiger partial charge in [-0.3, -0.25) is 4.79 Å². The van der Waals surface area contributed by atoms with Gasteiger partial charge in [0.25, 0.3) is 5.56 Å². The second kappa shape index (κ2) is 7.92. The number of rotatable bonds is 4. The van der Waals surface area contributed by atoms with Gasteiger partial charge in [0.2, 0.25) is 0 Å². The average Bonchev–Trinajstić information content (AvgIpc) is 2.74. The summed E-state index contributed by atoms with van der Waals surface area (Å²) < 4.78 is 38.4. The van der Waals surface area contributed by atoms with E-state index in [2.05, 4.69) is 5.10 Å². The summed E-state index contributed by atoms with van der Waals surface area (Å²) in [5.74, 6) is -0.407. The van der Waals surface area contributed by atoms with Gasteiger partial charge in [0.1, 0.15) is 5.82 Å². The van der Waals surface area contributed by atoms with Crippen molar-refractivity contribution in [3.05, 3.63) is 101 Å². The first-order valence-electron chi connectivity index (χ1n) is 9.50. The van der Waals surface area contributed by atoms with E-state index in [4.69, 9.17) is 0 Å². The van der Waals surface area contributed by atoms with Crippen molar-refractivity contribution in [2.75, 3.05) is 6.26 Å². The standard InChI is InChI=1S/C24H19FN2O3S/c1-16-4-3-5-20(14-16)27-24(28)23(18-6-10-19(25)11-7-18)22(15-26-27)17-8-12-21(13-9-17)31(2,29)30/h3-15H,1-2H3. The van der Waals surface area contributed by atoms with Crippen molar-refractivity contribution >= 4 is 9.84 Å². The lowest BCUT2D eigenvalue weighted by molar-refractivity contribution is 0.602. The van der Waals surface area contributed by atoms with Crippen LogP contribution >= 0.6 is 0 Å². The summed E-state index contributed by atoms with van der Waals surface area (Å²) in [6, 6.07) is 19.3. The predicted molar refractivity (Wildman–Crippen MR) is 119 cm³/mol. The summed E-state index contributed by atoms with van der Waals surface area (Å²) in [5.41, 5.74) is 3.29. The summed E-state index contributed by atoms with van der Waals surface area (Å²) in [6.45, 7) is 1.92. The first-order chi connectivity index (χ1) is 14.7. The van der Waals surface area contributed by atoms with Gasteiger partial charge in [0.15, 0.2) is 9.84 Å². The maximum atomic E-state index is 13.5. The average molecular weight is 434 g/mol. The number of sulfone groups is 1. The Morgan fingerprint density at radius 3 is 2.16 bits per heavy atom. The fourth-order valence-electron chi connectivity index (χ4n) is 3.39. The third-order valence-corrected chi connectivity index (χ3v) is 6.08. The van der Waals surface area contributed by atoms with Gasteiger partial charge in [0.05, 0.1) is 22.3 Å². The van der Waals surface area contributed by atoms with Gasteiger partial charge in [-0.25, -0.2) is 12.8 Å². The van der Waals surface area contributed by atoms with E-state index in [9.17, 15) is 17.6 Å². The number of aryl methyl sites for hydroxylation is 1. The maximum Gasteiger partial charge on any atom is 0.279 e. The molecule has 4 aromatic rings. The Balaban J connectivity index is 1.96. The SMILES string of the molecule is Cc1cccc(-n2ncc(-c3ccc(S(C)(=O)=O)cc3)c(-c3ccc(F)cc3)c2=O)c1. The highest BCUT2D eigenvalue weighted by atomic mass is 32.2. The van der Waals surface area contributed by atoms with Crippen LogP contribution in [-0.2, 0) is 9.84 Å². The normalized spacial score (nSPS) is 11.5. The van der Waals surface area contributed by atoms with Crippen LogP contribution < -0.4 is 5.56 Å². The smallest absolute Gasteiger partial charge is 0.267 e. The molecule has 7 heteroatoms. The molecule has 0 bridgehead atoms. The zero-order valence-electron chi connectivity index (χ0n) is 16.9. The second-order valence-corrected chi connectivity index (χ2v) is 9.31. The molecule has 0 saturated carbocycles. The summed E-state index contributed by atoms with van der Waals surface area (Å²) in [4.78, 5) is 13.7. The molecule has 0 aliphatic rings. The number of benzene rings is 3. The second-order valence-electron chi connectivity index (χ2n) is 7.29. The zero-order valence-corrected chi connectivity index (χ0v) is 17.7. The molecule has 5 nitrogen and oxygen atoms in total. The molecule has 0 saturated heterocycles. The molecule has 31 heavy (non-hydrogen) atoms. The molecule has 0 radical (unpaired) electrons. The molecule has 3 aromatic carbocycles. The highest BCUT2D eigenvalue weighted by molar-refractivity contribution is 7.90. The minimum atomic E-state index is -3.35. The number of hydrogen-bond donors (Lipinski definition) is 0. The van der Waals surface area contributed by atoms with Crippen LogP contribution in [-0.4, -0.2) is 24.5 Å². The van der Waals surface area contributed by atoms with E-state index in [0.29, 0.717) is 27.9 Å².